The fourth-order valence-corrected chi connectivity index (χ4v) is 1.65. The fraction of sp³-hybridized carbons (Fsp3) is 0.455. The molecule has 1 nitrogen and oxygen atoms in total. The van der Waals surface area contributed by atoms with Gasteiger partial charge >= 0.3 is 0 Å². The van der Waals surface area contributed by atoms with Crippen molar-refractivity contribution in [3.8, 4) is 0 Å². The van der Waals surface area contributed by atoms with Crippen LogP contribution in [0.5, 0.6) is 0 Å². The molecule has 1 aromatic carbocycles. The van der Waals surface area contributed by atoms with Gasteiger partial charge in [0.15, 0.2) is 0 Å². The fourth-order valence-electron chi connectivity index (χ4n) is 1.15. The van der Waals surface area contributed by atoms with E-state index in [4.69, 9.17) is 11.6 Å². The number of nitrogens with one attached hydrogen (secondary N) is 1. The first-order chi connectivity index (χ1) is 6.72. The lowest BCUT2D eigenvalue weighted by atomic mass is 10.2. The van der Waals surface area contributed by atoms with Crippen LogP contribution in [0.25, 0.3) is 0 Å². The van der Waals surface area contributed by atoms with Gasteiger partial charge in [0.1, 0.15) is 0 Å². The molecule has 1 N–H and O–H groups in total. The summed E-state index contributed by atoms with van der Waals surface area (Å²) in [6.45, 7) is 4.15. The van der Waals surface area contributed by atoms with E-state index in [2.05, 4.69) is 24.6 Å². The summed E-state index contributed by atoms with van der Waals surface area (Å²) in [5, 5.41) is 4.87. The molecule has 1 aromatic rings. The minimum atomic E-state index is 0.661. The largest absolute Gasteiger partial charge is 0.312 e. The van der Waals surface area contributed by atoms with Gasteiger partial charge in [-0.25, -0.2) is 0 Å². The van der Waals surface area contributed by atoms with Crippen LogP contribution in [-0.2, 0) is 6.54 Å². The first-order valence-corrected chi connectivity index (χ1v) is 6.37. The van der Waals surface area contributed by atoms with E-state index in [-0.39, 0.29) is 0 Å². The number of hydrogen-bond acceptors (Lipinski definition) is 2. The molecule has 0 aromatic heterocycles. The Bertz CT molecular complexity index is 278. The average Bonchev–Trinajstić information content (AvgIpc) is 2.17. The number of thioether (sulfide) groups is 1. The molecular weight excluding hydrogens is 214 g/mol. The van der Waals surface area contributed by atoms with Crippen LogP contribution in [0.4, 0.5) is 0 Å². The first kappa shape index (κ1) is 11.9. The zero-order valence-electron chi connectivity index (χ0n) is 8.59. The Hall–Kier alpha value is -0.180. The molecule has 14 heavy (non-hydrogen) atoms. The summed E-state index contributed by atoms with van der Waals surface area (Å²) < 4.78 is 0. The molecule has 1 rings (SSSR count). The molecule has 1 atom stereocenters. The Kier molecular flexibility index (Phi) is 5.38. The molecule has 0 saturated heterocycles. The third-order valence-corrected chi connectivity index (χ3v) is 3.26. The maximum Gasteiger partial charge on any atom is 0.0409 e. The highest BCUT2D eigenvalue weighted by molar-refractivity contribution is 7.99. The zero-order valence-corrected chi connectivity index (χ0v) is 10.2. The maximum absolute atomic E-state index is 5.88. The molecule has 0 aliphatic rings. The number of hydrogen-bond donors (Lipinski definition) is 1. The molecule has 0 aliphatic carbocycles. The Morgan fingerprint density at radius 2 is 2.29 bits per heavy atom. The average molecular weight is 230 g/mol. The molecule has 0 amide bonds. The van der Waals surface area contributed by atoms with Gasteiger partial charge in [-0.15, -0.1) is 0 Å². The van der Waals surface area contributed by atoms with Crippen molar-refractivity contribution in [2.24, 2.45) is 0 Å². The Morgan fingerprint density at radius 1 is 1.50 bits per heavy atom. The van der Waals surface area contributed by atoms with E-state index in [0.717, 1.165) is 18.1 Å². The smallest absolute Gasteiger partial charge is 0.0409 e. The highest BCUT2D eigenvalue weighted by Gasteiger charge is 1.98. The topological polar surface area (TPSA) is 12.0 Å². The Morgan fingerprint density at radius 3 is 2.93 bits per heavy atom. The summed E-state index contributed by atoms with van der Waals surface area (Å²) in [6.07, 6.45) is 2.13. The van der Waals surface area contributed by atoms with Crippen LogP contribution in [0.1, 0.15) is 12.5 Å². The van der Waals surface area contributed by atoms with E-state index in [0.29, 0.717) is 5.25 Å². The van der Waals surface area contributed by atoms with Gasteiger partial charge in [0.2, 0.25) is 0 Å². The van der Waals surface area contributed by atoms with Crippen molar-refractivity contribution in [1.29, 1.82) is 0 Å². The number of halogens is 1. The molecule has 0 bridgehead atoms. The minimum Gasteiger partial charge on any atom is -0.312 e. The maximum atomic E-state index is 5.88. The second kappa shape index (κ2) is 6.33. The van der Waals surface area contributed by atoms with Crippen LogP contribution in [0.3, 0.4) is 0 Å². The molecule has 0 spiro atoms. The van der Waals surface area contributed by atoms with Crippen molar-refractivity contribution < 1.29 is 0 Å². The predicted octanol–water partition coefficient (Wildman–Crippen LogP) is 3.18. The molecule has 0 heterocycles. The van der Waals surface area contributed by atoms with E-state index in [1.54, 1.807) is 0 Å². The van der Waals surface area contributed by atoms with Crippen LogP contribution in [0, 0.1) is 0 Å². The van der Waals surface area contributed by atoms with Gasteiger partial charge in [-0.1, -0.05) is 30.7 Å². The third kappa shape index (κ3) is 4.36. The summed E-state index contributed by atoms with van der Waals surface area (Å²) in [7, 11) is 0. The molecule has 0 aliphatic heterocycles. The van der Waals surface area contributed by atoms with E-state index < -0.39 is 0 Å². The number of rotatable bonds is 5. The van der Waals surface area contributed by atoms with Gasteiger partial charge < -0.3 is 5.32 Å². The molecule has 0 fully saturated rings. The van der Waals surface area contributed by atoms with Gasteiger partial charge in [0.25, 0.3) is 0 Å². The second-order valence-corrected chi connectivity index (χ2v) is 5.02. The van der Waals surface area contributed by atoms with Gasteiger partial charge in [0, 0.05) is 23.4 Å². The monoisotopic (exact) mass is 229 g/mol. The Balaban J connectivity index is 2.31. The van der Waals surface area contributed by atoms with E-state index in [1.807, 2.05) is 30.0 Å². The molecule has 1 unspecified atom stereocenters. The van der Waals surface area contributed by atoms with Crippen LogP contribution in [0.2, 0.25) is 5.02 Å². The molecule has 3 heteroatoms. The van der Waals surface area contributed by atoms with Crippen LogP contribution in [-0.4, -0.2) is 18.1 Å². The summed E-state index contributed by atoms with van der Waals surface area (Å²) >= 11 is 7.76. The highest BCUT2D eigenvalue weighted by Crippen LogP contribution is 2.10. The van der Waals surface area contributed by atoms with Crippen molar-refractivity contribution in [2.75, 3.05) is 12.8 Å². The lowest BCUT2D eigenvalue weighted by Gasteiger charge is -2.09. The standard InChI is InChI=1S/C11H16ClNS/c1-9(14-2)7-13-8-10-4-3-5-11(12)6-10/h3-6,9,13H,7-8H2,1-2H3. The summed E-state index contributed by atoms with van der Waals surface area (Å²) in [4.78, 5) is 0. The quantitative estimate of drug-likeness (QED) is 0.833. The normalized spacial score (nSPS) is 12.8. The summed E-state index contributed by atoms with van der Waals surface area (Å²) in [5.74, 6) is 0. The van der Waals surface area contributed by atoms with Gasteiger partial charge in [0.05, 0.1) is 0 Å². The summed E-state index contributed by atoms with van der Waals surface area (Å²) in [5.41, 5.74) is 1.24. The SMILES string of the molecule is CSC(C)CNCc1cccc(Cl)c1. The van der Waals surface area contributed by atoms with Crippen molar-refractivity contribution in [3.05, 3.63) is 34.9 Å². The predicted molar refractivity (Wildman–Crippen MR) is 66.1 cm³/mol. The van der Waals surface area contributed by atoms with Crippen molar-refractivity contribution in [1.82, 2.24) is 5.32 Å². The third-order valence-electron chi connectivity index (χ3n) is 2.05. The molecular formula is C11H16ClNS. The lowest BCUT2D eigenvalue weighted by molar-refractivity contribution is 0.684. The van der Waals surface area contributed by atoms with Crippen LogP contribution >= 0.6 is 23.4 Å². The van der Waals surface area contributed by atoms with Gasteiger partial charge in [-0.3, -0.25) is 0 Å². The van der Waals surface area contributed by atoms with Crippen molar-refractivity contribution >= 4 is 23.4 Å². The van der Waals surface area contributed by atoms with Crippen LogP contribution in [0.15, 0.2) is 24.3 Å². The van der Waals surface area contributed by atoms with Gasteiger partial charge in [-0.05, 0) is 24.0 Å². The van der Waals surface area contributed by atoms with E-state index in [1.165, 1.54) is 5.56 Å². The molecule has 78 valence electrons. The summed E-state index contributed by atoms with van der Waals surface area (Å²) in [6, 6.07) is 7.97. The van der Waals surface area contributed by atoms with Crippen LogP contribution < -0.4 is 5.32 Å². The molecule has 0 saturated carbocycles. The van der Waals surface area contributed by atoms with Gasteiger partial charge in [-0.2, -0.15) is 11.8 Å². The van der Waals surface area contributed by atoms with E-state index >= 15 is 0 Å². The van der Waals surface area contributed by atoms with E-state index in [9.17, 15) is 0 Å². The lowest BCUT2D eigenvalue weighted by Crippen LogP contribution is -2.21. The van der Waals surface area contributed by atoms with Crippen molar-refractivity contribution in [3.63, 3.8) is 0 Å². The molecule has 0 radical (unpaired) electrons. The minimum absolute atomic E-state index is 0.661. The Labute approximate surface area is 95.2 Å². The number of benzene rings is 1. The van der Waals surface area contributed by atoms with Crippen molar-refractivity contribution in [2.45, 2.75) is 18.7 Å². The zero-order chi connectivity index (χ0) is 10.4. The first-order valence-electron chi connectivity index (χ1n) is 4.70. The second-order valence-electron chi connectivity index (χ2n) is 3.31. The highest BCUT2D eigenvalue weighted by atomic mass is 35.5.